The number of piperidine rings is 1. The molecule has 0 radical (unpaired) electrons. The normalized spacial score (nSPS) is 19.1. The molecule has 1 fully saturated rings. The largest absolute Gasteiger partial charge is 0.391 e. The van der Waals surface area contributed by atoms with Gasteiger partial charge in [0.1, 0.15) is 0 Å². The molecule has 2 aromatic rings. The maximum atomic E-state index is 12.6. The molecule has 1 aromatic carbocycles. The number of aliphatic hydroxyl groups is 1. The van der Waals surface area contributed by atoms with E-state index in [0.29, 0.717) is 18.7 Å². The maximum Gasteiger partial charge on any atom is 0.257 e. The fourth-order valence-corrected chi connectivity index (χ4v) is 2.58. The van der Waals surface area contributed by atoms with Gasteiger partial charge >= 0.3 is 0 Å². The number of benzene rings is 1. The maximum absolute atomic E-state index is 12.6. The molecule has 1 aliphatic heterocycles. The van der Waals surface area contributed by atoms with Gasteiger partial charge in [-0.25, -0.2) is 0 Å². The topological polar surface area (TPSA) is 69.2 Å². The van der Waals surface area contributed by atoms with Gasteiger partial charge in [0, 0.05) is 18.7 Å². The molecular weight excluding hydrogens is 254 g/mol. The van der Waals surface area contributed by atoms with Gasteiger partial charge in [0.2, 0.25) is 0 Å². The summed E-state index contributed by atoms with van der Waals surface area (Å²) in [6.07, 6.45) is 2.75. The molecule has 104 valence electrons. The molecule has 2 N–H and O–H groups in total. The summed E-state index contributed by atoms with van der Waals surface area (Å²) in [5.41, 5.74) is 2.23. The summed E-state index contributed by atoms with van der Waals surface area (Å²) in [7, 11) is 0. The Morgan fingerprint density at radius 3 is 2.90 bits per heavy atom. The van der Waals surface area contributed by atoms with E-state index in [1.54, 1.807) is 11.1 Å². The van der Waals surface area contributed by atoms with E-state index in [2.05, 4.69) is 10.2 Å². The lowest BCUT2D eigenvalue weighted by Crippen LogP contribution is -2.42. The third kappa shape index (κ3) is 2.44. The number of carbonyl (C=O) groups excluding carboxylic acids is 1. The fourth-order valence-electron chi connectivity index (χ4n) is 2.58. The van der Waals surface area contributed by atoms with Gasteiger partial charge in [-0.2, -0.15) is 5.10 Å². The number of aliphatic hydroxyl groups excluding tert-OH is 1. The zero-order valence-electron chi connectivity index (χ0n) is 11.1. The van der Waals surface area contributed by atoms with E-state index in [-0.39, 0.29) is 5.91 Å². The highest BCUT2D eigenvalue weighted by molar-refractivity contribution is 5.99. The van der Waals surface area contributed by atoms with Crippen LogP contribution in [0.2, 0.25) is 0 Å². The van der Waals surface area contributed by atoms with Crippen LogP contribution in [0.25, 0.3) is 11.3 Å². The van der Waals surface area contributed by atoms with Crippen LogP contribution in [0.15, 0.2) is 36.5 Å². The van der Waals surface area contributed by atoms with Crippen LogP contribution in [-0.2, 0) is 0 Å². The molecule has 0 saturated carbocycles. The molecule has 1 amide bonds. The van der Waals surface area contributed by atoms with Gasteiger partial charge in [-0.15, -0.1) is 0 Å². The molecule has 0 unspecified atom stereocenters. The molecule has 20 heavy (non-hydrogen) atoms. The third-order valence-electron chi connectivity index (χ3n) is 3.62. The number of amides is 1. The quantitative estimate of drug-likeness (QED) is 0.873. The second-order valence-electron chi connectivity index (χ2n) is 5.07. The van der Waals surface area contributed by atoms with E-state index in [9.17, 15) is 9.90 Å². The van der Waals surface area contributed by atoms with E-state index in [1.807, 2.05) is 30.3 Å². The summed E-state index contributed by atoms with van der Waals surface area (Å²) in [6, 6.07) is 9.66. The smallest absolute Gasteiger partial charge is 0.257 e. The number of hydrogen-bond donors (Lipinski definition) is 2. The zero-order chi connectivity index (χ0) is 13.9. The average Bonchev–Trinajstić information content (AvgIpc) is 2.97. The number of H-pyrrole nitrogens is 1. The summed E-state index contributed by atoms with van der Waals surface area (Å²) < 4.78 is 0. The van der Waals surface area contributed by atoms with Crippen molar-refractivity contribution in [1.29, 1.82) is 0 Å². The van der Waals surface area contributed by atoms with Crippen molar-refractivity contribution in [2.24, 2.45) is 0 Å². The molecular formula is C15H17N3O2. The van der Waals surface area contributed by atoms with Gasteiger partial charge in [-0.3, -0.25) is 9.89 Å². The Hall–Kier alpha value is -2.14. The van der Waals surface area contributed by atoms with Crippen molar-refractivity contribution in [3.05, 3.63) is 42.1 Å². The third-order valence-corrected chi connectivity index (χ3v) is 3.62. The summed E-state index contributed by atoms with van der Waals surface area (Å²) in [5, 5.41) is 16.6. The lowest BCUT2D eigenvalue weighted by molar-refractivity contribution is 0.0474. The van der Waals surface area contributed by atoms with Crippen molar-refractivity contribution in [2.45, 2.75) is 18.9 Å². The van der Waals surface area contributed by atoms with Gasteiger partial charge in [0.25, 0.3) is 5.91 Å². The van der Waals surface area contributed by atoms with E-state index >= 15 is 0 Å². The molecule has 3 rings (SSSR count). The summed E-state index contributed by atoms with van der Waals surface area (Å²) in [4.78, 5) is 14.3. The van der Waals surface area contributed by atoms with E-state index in [0.717, 1.165) is 24.1 Å². The first-order valence-corrected chi connectivity index (χ1v) is 6.82. The molecule has 0 bridgehead atoms. The Kier molecular flexibility index (Phi) is 3.52. The number of aromatic amines is 1. The minimum absolute atomic E-state index is 0.0728. The van der Waals surface area contributed by atoms with Gasteiger partial charge in [-0.1, -0.05) is 30.3 Å². The van der Waals surface area contributed by atoms with Crippen LogP contribution in [0.3, 0.4) is 0 Å². The Morgan fingerprint density at radius 1 is 1.35 bits per heavy atom. The van der Waals surface area contributed by atoms with Crippen molar-refractivity contribution in [3.8, 4) is 11.3 Å². The molecule has 0 aliphatic carbocycles. The van der Waals surface area contributed by atoms with Crippen LogP contribution >= 0.6 is 0 Å². The lowest BCUT2D eigenvalue weighted by Gasteiger charge is -2.30. The van der Waals surface area contributed by atoms with Gasteiger partial charge in [-0.05, 0) is 12.8 Å². The van der Waals surface area contributed by atoms with E-state index in [1.165, 1.54) is 0 Å². The number of hydrogen-bond acceptors (Lipinski definition) is 3. The first-order chi connectivity index (χ1) is 9.75. The predicted octanol–water partition coefficient (Wildman–Crippen LogP) is 1.67. The van der Waals surface area contributed by atoms with Crippen LogP contribution < -0.4 is 0 Å². The lowest BCUT2D eigenvalue weighted by atomic mass is 10.0. The van der Waals surface area contributed by atoms with Crippen LogP contribution in [0, 0.1) is 0 Å². The second-order valence-corrected chi connectivity index (χ2v) is 5.07. The average molecular weight is 271 g/mol. The Bertz CT molecular complexity index is 594. The standard InChI is InChI=1S/C15H17N3O2/c19-12-7-4-8-18(10-12)15(20)13-9-16-17-14(13)11-5-2-1-3-6-11/h1-3,5-6,9,12,19H,4,7-8,10H2,(H,16,17)/t12-/m0/s1. The monoisotopic (exact) mass is 271 g/mol. The molecule has 1 saturated heterocycles. The van der Waals surface area contributed by atoms with Crippen molar-refractivity contribution in [3.63, 3.8) is 0 Å². The molecule has 2 heterocycles. The summed E-state index contributed by atoms with van der Waals surface area (Å²) >= 11 is 0. The first kappa shape index (κ1) is 12.9. The van der Waals surface area contributed by atoms with Crippen LogP contribution in [-0.4, -0.2) is 45.3 Å². The molecule has 5 nitrogen and oxygen atoms in total. The molecule has 5 heteroatoms. The molecule has 1 aromatic heterocycles. The van der Waals surface area contributed by atoms with Crippen LogP contribution in [0.1, 0.15) is 23.2 Å². The van der Waals surface area contributed by atoms with Crippen molar-refractivity contribution >= 4 is 5.91 Å². The van der Waals surface area contributed by atoms with E-state index in [4.69, 9.17) is 0 Å². The highest BCUT2D eigenvalue weighted by atomic mass is 16.3. The van der Waals surface area contributed by atoms with Crippen LogP contribution in [0.5, 0.6) is 0 Å². The number of nitrogens with zero attached hydrogens (tertiary/aromatic N) is 2. The fraction of sp³-hybridized carbons (Fsp3) is 0.333. The van der Waals surface area contributed by atoms with Crippen molar-refractivity contribution in [1.82, 2.24) is 15.1 Å². The number of likely N-dealkylation sites (tertiary alicyclic amines) is 1. The minimum atomic E-state index is -0.417. The summed E-state index contributed by atoms with van der Waals surface area (Å²) in [5.74, 6) is -0.0728. The molecule has 0 spiro atoms. The Labute approximate surface area is 117 Å². The Morgan fingerprint density at radius 2 is 2.15 bits per heavy atom. The van der Waals surface area contributed by atoms with Gasteiger partial charge < -0.3 is 10.0 Å². The number of rotatable bonds is 2. The number of nitrogens with one attached hydrogen (secondary N) is 1. The van der Waals surface area contributed by atoms with Crippen LogP contribution in [0.4, 0.5) is 0 Å². The minimum Gasteiger partial charge on any atom is -0.391 e. The second kappa shape index (κ2) is 5.46. The number of carbonyl (C=O) groups is 1. The summed E-state index contributed by atoms with van der Waals surface area (Å²) in [6.45, 7) is 1.09. The van der Waals surface area contributed by atoms with Crippen molar-refractivity contribution < 1.29 is 9.90 Å². The SMILES string of the molecule is O=C(c1cn[nH]c1-c1ccccc1)N1CCC[C@H](O)C1. The number of β-amino-alcohol motifs (C(OH)–C–C–N with tert-alkyl or cyclic N) is 1. The van der Waals surface area contributed by atoms with Crippen molar-refractivity contribution in [2.75, 3.05) is 13.1 Å². The zero-order valence-corrected chi connectivity index (χ0v) is 11.1. The Balaban J connectivity index is 1.88. The first-order valence-electron chi connectivity index (χ1n) is 6.82. The predicted molar refractivity (Wildman–Crippen MR) is 75.2 cm³/mol. The van der Waals surface area contributed by atoms with Gasteiger partial charge in [0.15, 0.2) is 0 Å². The number of aromatic nitrogens is 2. The highest BCUT2D eigenvalue weighted by Gasteiger charge is 2.25. The van der Waals surface area contributed by atoms with Gasteiger partial charge in [0.05, 0.1) is 23.6 Å². The highest BCUT2D eigenvalue weighted by Crippen LogP contribution is 2.23. The molecule has 1 aliphatic rings. The van der Waals surface area contributed by atoms with E-state index < -0.39 is 6.10 Å². The molecule has 1 atom stereocenters.